The van der Waals surface area contributed by atoms with E-state index in [1.54, 1.807) is 0 Å². The Morgan fingerprint density at radius 2 is 1.48 bits per heavy atom. The summed E-state index contributed by atoms with van der Waals surface area (Å²) >= 11 is 3.96. The van der Waals surface area contributed by atoms with E-state index in [-0.39, 0.29) is 30.2 Å². The van der Waals surface area contributed by atoms with Crippen LogP contribution in [0.4, 0.5) is 5.69 Å². The number of amides is 3. The predicted molar refractivity (Wildman–Crippen MR) is 128 cm³/mol. The van der Waals surface area contributed by atoms with Crippen molar-refractivity contribution in [2.45, 2.75) is 17.2 Å². The van der Waals surface area contributed by atoms with Crippen molar-refractivity contribution in [1.29, 1.82) is 0 Å². The van der Waals surface area contributed by atoms with Crippen molar-refractivity contribution < 1.29 is 14.4 Å². The van der Waals surface area contributed by atoms with Gasteiger partial charge >= 0.3 is 0 Å². The van der Waals surface area contributed by atoms with Gasteiger partial charge in [0.2, 0.25) is 17.7 Å². The van der Waals surface area contributed by atoms with Gasteiger partial charge < -0.3 is 5.32 Å². The van der Waals surface area contributed by atoms with E-state index in [1.807, 2.05) is 79.7 Å². The minimum Gasteiger partial charge on any atom is -0.325 e. The van der Waals surface area contributed by atoms with Crippen LogP contribution in [0.5, 0.6) is 0 Å². The van der Waals surface area contributed by atoms with Gasteiger partial charge in [0.1, 0.15) is 6.54 Å². The van der Waals surface area contributed by atoms with Crippen molar-refractivity contribution in [1.82, 2.24) is 4.90 Å². The van der Waals surface area contributed by atoms with Crippen LogP contribution in [0.1, 0.15) is 33.7 Å². The molecule has 6 heteroatoms. The van der Waals surface area contributed by atoms with Crippen molar-refractivity contribution in [2.24, 2.45) is 11.8 Å². The molecule has 3 aromatic rings. The van der Waals surface area contributed by atoms with Gasteiger partial charge in [-0.1, -0.05) is 82.2 Å². The van der Waals surface area contributed by atoms with Crippen LogP contribution in [0.15, 0.2) is 72.8 Å². The summed E-state index contributed by atoms with van der Waals surface area (Å²) in [7, 11) is 0. The van der Waals surface area contributed by atoms with Crippen molar-refractivity contribution in [3.05, 3.63) is 101 Å². The van der Waals surface area contributed by atoms with Crippen molar-refractivity contribution in [3.8, 4) is 0 Å². The number of carbonyl (C=O) groups excluding carboxylic acids is 3. The number of carbonyl (C=O) groups is 3. The Bertz CT molecular complexity index is 1290. The molecule has 7 rings (SSSR count). The highest BCUT2D eigenvalue weighted by Gasteiger charge is 2.67. The minimum absolute atomic E-state index is 0.205. The molecule has 3 amide bonds. The molecule has 164 valence electrons. The number of likely N-dealkylation sites (tertiary alicyclic amines) is 1. The lowest BCUT2D eigenvalue weighted by atomic mass is 9.55. The van der Waals surface area contributed by atoms with E-state index < -0.39 is 16.2 Å². The highest BCUT2D eigenvalue weighted by atomic mass is 79.9. The molecule has 0 aromatic heterocycles. The van der Waals surface area contributed by atoms with E-state index in [4.69, 9.17) is 0 Å². The molecule has 2 bridgehead atoms. The number of anilines is 1. The zero-order valence-corrected chi connectivity index (χ0v) is 19.5. The lowest BCUT2D eigenvalue weighted by molar-refractivity contribution is -0.142. The lowest BCUT2D eigenvalue weighted by Gasteiger charge is -2.51. The third kappa shape index (κ3) is 2.73. The van der Waals surface area contributed by atoms with Crippen molar-refractivity contribution in [3.63, 3.8) is 0 Å². The molecule has 4 aliphatic rings. The first-order chi connectivity index (χ1) is 15.9. The van der Waals surface area contributed by atoms with Crippen LogP contribution in [0.3, 0.4) is 0 Å². The maximum atomic E-state index is 13.7. The fraction of sp³-hybridized carbons (Fsp3) is 0.222. The number of nitrogens with one attached hydrogen (secondary N) is 1. The zero-order valence-electron chi connectivity index (χ0n) is 17.9. The smallest absolute Gasteiger partial charge is 0.244 e. The van der Waals surface area contributed by atoms with Crippen LogP contribution in [0.2, 0.25) is 0 Å². The molecule has 0 unspecified atom stereocenters. The predicted octanol–water partition coefficient (Wildman–Crippen LogP) is 4.33. The molecular formula is C27H21BrN2O3. The third-order valence-electron chi connectivity index (χ3n) is 7.24. The van der Waals surface area contributed by atoms with Crippen LogP contribution in [-0.2, 0) is 18.7 Å². The minimum atomic E-state index is -0.797. The molecule has 1 saturated heterocycles. The Balaban J connectivity index is 1.38. The van der Waals surface area contributed by atoms with Crippen LogP contribution in [-0.4, -0.2) is 29.2 Å². The molecule has 2 atom stereocenters. The van der Waals surface area contributed by atoms with Gasteiger partial charge in [-0.05, 0) is 41.3 Å². The number of hydrogen-bond donors (Lipinski definition) is 1. The standard InChI is InChI=1S/C27H21BrN2O3/c1-15-10-12-16(13-11-15)29-21(31)14-30-25(32)23-22-17-6-2-4-8-19(17)27(28,24(23)26(30)33)20-9-5-3-7-18(20)22/h2-13,22-24H,14H2,1H3,(H,29,31)/t22?,23-,24+,27?/m1/s1. The van der Waals surface area contributed by atoms with Crippen LogP contribution in [0.25, 0.3) is 0 Å². The molecule has 0 radical (unpaired) electrons. The molecular weight excluding hydrogens is 480 g/mol. The van der Waals surface area contributed by atoms with E-state index in [0.717, 1.165) is 32.7 Å². The van der Waals surface area contributed by atoms with Crippen molar-refractivity contribution >= 4 is 39.3 Å². The van der Waals surface area contributed by atoms with E-state index in [9.17, 15) is 14.4 Å². The van der Waals surface area contributed by atoms with Gasteiger partial charge in [-0.2, -0.15) is 0 Å². The van der Waals surface area contributed by atoms with Gasteiger partial charge in [0, 0.05) is 11.6 Å². The number of alkyl halides is 1. The monoisotopic (exact) mass is 500 g/mol. The molecule has 1 heterocycles. The number of rotatable bonds is 3. The van der Waals surface area contributed by atoms with Gasteiger partial charge in [0.05, 0.1) is 16.2 Å². The fourth-order valence-corrected chi connectivity index (χ4v) is 7.08. The van der Waals surface area contributed by atoms with Gasteiger partial charge in [-0.25, -0.2) is 0 Å². The SMILES string of the molecule is Cc1ccc(NC(=O)CN2C(=O)[C@@H]3C4c5ccccc5C(Br)(c5ccccc54)[C@@H]3C2=O)cc1. The van der Waals surface area contributed by atoms with E-state index in [2.05, 4.69) is 21.2 Å². The normalized spacial score (nSPS) is 26.6. The molecule has 3 aliphatic carbocycles. The molecule has 3 aromatic carbocycles. The second-order valence-electron chi connectivity index (χ2n) is 9.04. The Labute approximate surface area is 199 Å². The molecule has 1 N–H and O–H groups in total. The average molecular weight is 501 g/mol. The second kappa shape index (κ2) is 7.12. The zero-order chi connectivity index (χ0) is 22.9. The summed E-state index contributed by atoms with van der Waals surface area (Å²) < 4.78 is -0.797. The Hall–Kier alpha value is -3.25. The van der Waals surface area contributed by atoms with Crippen LogP contribution in [0, 0.1) is 18.8 Å². The third-order valence-corrected chi connectivity index (χ3v) is 8.59. The maximum absolute atomic E-state index is 13.7. The largest absolute Gasteiger partial charge is 0.325 e. The van der Waals surface area contributed by atoms with Gasteiger partial charge in [-0.15, -0.1) is 0 Å². The fourth-order valence-electron chi connectivity index (χ4n) is 5.88. The quantitative estimate of drug-likeness (QED) is 0.429. The van der Waals surface area contributed by atoms with Gasteiger partial charge in [0.15, 0.2) is 0 Å². The number of benzene rings is 3. The van der Waals surface area contributed by atoms with E-state index >= 15 is 0 Å². The number of nitrogens with zero attached hydrogens (tertiary/aromatic N) is 1. The summed E-state index contributed by atoms with van der Waals surface area (Å²) in [5, 5.41) is 2.80. The highest BCUT2D eigenvalue weighted by molar-refractivity contribution is 9.09. The van der Waals surface area contributed by atoms with Gasteiger partial charge in [0.25, 0.3) is 0 Å². The second-order valence-corrected chi connectivity index (χ2v) is 10.3. The van der Waals surface area contributed by atoms with Crippen molar-refractivity contribution in [2.75, 3.05) is 11.9 Å². The summed E-state index contributed by atoms with van der Waals surface area (Å²) in [6.45, 7) is 1.68. The lowest BCUT2D eigenvalue weighted by Crippen LogP contribution is -2.50. The topological polar surface area (TPSA) is 66.5 Å². The first-order valence-electron chi connectivity index (χ1n) is 11.0. The molecule has 1 aliphatic heterocycles. The van der Waals surface area contributed by atoms with Gasteiger partial charge in [-0.3, -0.25) is 19.3 Å². The van der Waals surface area contributed by atoms with E-state index in [1.165, 1.54) is 0 Å². The number of halogens is 1. The summed E-state index contributed by atoms with van der Waals surface area (Å²) in [5.41, 5.74) is 5.92. The molecule has 1 fully saturated rings. The van der Waals surface area contributed by atoms with Crippen LogP contribution >= 0.6 is 15.9 Å². The Morgan fingerprint density at radius 3 is 2.09 bits per heavy atom. The molecule has 5 nitrogen and oxygen atoms in total. The highest BCUT2D eigenvalue weighted by Crippen LogP contribution is 2.66. The molecule has 0 saturated carbocycles. The summed E-state index contributed by atoms with van der Waals surface area (Å²) in [4.78, 5) is 41.3. The average Bonchev–Trinajstić information content (AvgIpc) is 3.07. The van der Waals surface area contributed by atoms with E-state index in [0.29, 0.717) is 5.69 Å². The summed E-state index contributed by atoms with van der Waals surface area (Å²) in [6, 6.07) is 23.5. The summed E-state index contributed by atoms with van der Waals surface area (Å²) in [5.74, 6) is -2.29. The first kappa shape index (κ1) is 20.4. The number of aryl methyl sites for hydroxylation is 1. The number of hydrogen-bond acceptors (Lipinski definition) is 3. The Kier molecular flexibility index (Phi) is 4.40. The summed E-state index contributed by atoms with van der Waals surface area (Å²) in [6.07, 6.45) is 0. The maximum Gasteiger partial charge on any atom is 0.244 e. The van der Waals surface area contributed by atoms with Crippen LogP contribution < -0.4 is 5.32 Å². The first-order valence-corrected chi connectivity index (χ1v) is 11.8. The molecule has 0 spiro atoms. The molecule has 33 heavy (non-hydrogen) atoms. The Morgan fingerprint density at radius 1 is 0.909 bits per heavy atom. The number of imide groups is 1.